The fourth-order valence-corrected chi connectivity index (χ4v) is 8.72. The van der Waals surface area contributed by atoms with E-state index in [1.165, 1.54) is 37.0 Å². The van der Waals surface area contributed by atoms with Crippen LogP contribution in [-0.2, 0) is 9.59 Å². The standard InChI is InChI=1S/C24H32ClN3O2S/c1-23-10-8-17-15(5-7-18-24(17,2)11-9-21(30)28(18)3)16(23)6-4-14(23)12-20(29)27-22-26-13-19(25)31-22/h9,11,13-18H,4-8,10,12H2,1-3H3,(H,26,27,29)/t14-,15?,16?,17?,18?,23-,24-/m1/s1. The number of nitrogens with zero attached hydrogens (tertiary/aromatic N) is 2. The lowest BCUT2D eigenvalue weighted by Gasteiger charge is -2.60. The van der Waals surface area contributed by atoms with E-state index >= 15 is 0 Å². The Morgan fingerprint density at radius 1 is 1.26 bits per heavy atom. The summed E-state index contributed by atoms with van der Waals surface area (Å²) in [4.78, 5) is 31.1. The smallest absolute Gasteiger partial charge is 0.246 e. The van der Waals surface area contributed by atoms with Crippen LogP contribution in [0.25, 0.3) is 0 Å². The second-order valence-electron chi connectivity index (χ2n) is 10.7. The number of fused-ring (bicyclic) bond motifs is 5. The third kappa shape index (κ3) is 3.36. The summed E-state index contributed by atoms with van der Waals surface area (Å²) in [5, 5.41) is 3.54. The lowest BCUT2D eigenvalue weighted by atomic mass is 9.47. The maximum atomic E-state index is 12.7. The predicted octanol–water partition coefficient (Wildman–Crippen LogP) is 5.38. The van der Waals surface area contributed by atoms with E-state index in [2.05, 4.69) is 30.2 Å². The Bertz CT molecular complexity index is 932. The molecule has 3 aliphatic carbocycles. The van der Waals surface area contributed by atoms with Gasteiger partial charge in [-0.1, -0.05) is 42.9 Å². The molecular formula is C24H32ClN3O2S. The summed E-state index contributed by atoms with van der Waals surface area (Å²) in [6.45, 7) is 4.83. The molecule has 4 aliphatic rings. The Kier molecular flexibility index (Phi) is 5.25. The molecule has 7 atom stereocenters. The number of thiazole rings is 1. The van der Waals surface area contributed by atoms with Gasteiger partial charge in [-0.2, -0.15) is 0 Å². The van der Waals surface area contributed by atoms with Crippen molar-refractivity contribution in [2.75, 3.05) is 12.4 Å². The number of anilines is 1. The highest BCUT2D eigenvalue weighted by Gasteiger charge is 2.60. The lowest BCUT2D eigenvalue weighted by Crippen LogP contribution is -2.59. The summed E-state index contributed by atoms with van der Waals surface area (Å²) in [7, 11) is 1.97. The molecule has 31 heavy (non-hydrogen) atoms. The van der Waals surface area contributed by atoms with E-state index in [0.29, 0.717) is 45.6 Å². The first kappa shape index (κ1) is 21.4. The molecule has 1 aliphatic heterocycles. The maximum Gasteiger partial charge on any atom is 0.246 e. The van der Waals surface area contributed by atoms with Gasteiger partial charge in [0, 0.05) is 24.9 Å². The molecule has 3 saturated carbocycles. The molecule has 1 aromatic rings. The van der Waals surface area contributed by atoms with Crippen molar-refractivity contribution < 1.29 is 9.59 Å². The number of halogens is 1. The average Bonchev–Trinajstić information content (AvgIpc) is 3.28. The lowest BCUT2D eigenvalue weighted by molar-refractivity contribution is -0.139. The van der Waals surface area contributed by atoms with Crippen LogP contribution in [0.1, 0.15) is 58.8 Å². The van der Waals surface area contributed by atoms with Crippen molar-refractivity contribution in [3.05, 3.63) is 22.7 Å². The first-order valence-corrected chi connectivity index (χ1v) is 12.8. The molecule has 0 radical (unpaired) electrons. The summed E-state index contributed by atoms with van der Waals surface area (Å²) < 4.78 is 0.592. The Morgan fingerprint density at radius 2 is 2.06 bits per heavy atom. The van der Waals surface area contributed by atoms with Crippen molar-refractivity contribution in [1.82, 2.24) is 9.88 Å². The van der Waals surface area contributed by atoms with Crippen molar-refractivity contribution in [2.45, 2.75) is 64.8 Å². The molecular weight excluding hydrogens is 430 g/mol. The van der Waals surface area contributed by atoms with E-state index in [1.807, 2.05) is 11.9 Å². The minimum atomic E-state index is 0.0611. The Hall–Kier alpha value is -1.40. The number of nitrogens with one attached hydrogen (secondary N) is 1. The Balaban J connectivity index is 1.32. The van der Waals surface area contributed by atoms with Crippen LogP contribution in [0.15, 0.2) is 18.3 Å². The van der Waals surface area contributed by atoms with Gasteiger partial charge in [0.15, 0.2) is 5.13 Å². The number of carbonyl (C=O) groups is 2. The van der Waals surface area contributed by atoms with Crippen LogP contribution in [0.3, 0.4) is 0 Å². The average molecular weight is 462 g/mol. The normalized spacial score (nSPS) is 41.5. The van der Waals surface area contributed by atoms with Crippen LogP contribution < -0.4 is 5.32 Å². The monoisotopic (exact) mass is 461 g/mol. The van der Waals surface area contributed by atoms with E-state index in [4.69, 9.17) is 11.6 Å². The molecule has 0 aromatic carbocycles. The zero-order chi connectivity index (χ0) is 22.0. The highest BCUT2D eigenvalue weighted by atomic mass is 35.5. The molecule has 7 heteroatoms. The zero-order valence-electron chi connectivity index (χ0n) is 18.6. The Labute approximate surface area is 193 Å². The molecule has 2 heterocycles. The van der Waals surface area contributed by atoms with Crippen LogP contribution in [0.2, 0.25) is 4.34 Å². The van der Waals surface area contributed by atoms with Crippen molar-refractivity contribution in [3.63, 3.8) is 0 Å². The molecule has 3 fully saturated rings. The van der Waals surface area contributed by atoms with Crippen LogP contribution >= 0.6 is 22.9 Å². The molecule has 0 spiro atoms. The van der Waals surface area contributed by atoms with Crippen LogP contribution in [0.5, 0.6) is 0 Å². The van der Waals surface area contributed by atoms with Crippen LogP contribution in [-0.4, -0.2) is 34.8 Å². The minimum absolute atomic E-state index is 0.0611. The number of hydrogen-bond donors (Lipinski definition) is 1. The molecule has 5 nitrogen and oxygen atoms in total. The number of likely N-dealkylation sites (N-methyl/N-ethyl adjacent to an activating group) is 1. The largest absolute Gasteiger partial charge is 0.338 e. The van der Waals surface area contributed by atoms with Gasteiger partial charge in [0.25, 0.3) is 0 Å². The van der Waals surface area contributed by atoms with E-state index in [1.54, 1.807) is 12.3 Å². The van der Waals surface area contributed by atoms with Gasteiger partial charge in [-0.05, 0) is 73.7 Å². The SMILES string of the molecule is CN1C(=O)C=C[C@]2(C)C3CC[C@@]4(C)C(CC[C@@H]4CC(=O)Nc4ncc(Cl)s4)C3CCC12. The van der Waals surface area contributed by atoms with Gasteiger partial charge in [0.2, 0.25) is 11.8 Å². The number of hydrogen-bond acceptors (Lipinski definition) is 4. The van der Waals surface area contributed by atoms with Crippen molar-refractivity contribution in [1.29, 1.82) is 0 Å². The van der Waals surface area contributed by atoms with Crippen LogP contribution in [0.4, 0.5) is 5.13 Å². The maximum absolute atomic E-state index is 12.7. The quantitative estimate of drug-likeness (QED) is 0.657. The van der Waals surface area contributed by atoms with E-state index in [-0.39, 0.29) is 22.6 Å². The van der Waals surface area contributed by atoms with Crippen molar-refractivity contribution in [3.8, 4) is 0 Å². The van der Waals surface area contributed by atoms with E-state index < -0.39 is 0 Å². The summed E-state index contributed by atoms with van der Waals surface area (Å²) in [6, 6.07) is 0.323. The topological polar surface area (TPSA) is 62.3 Å². The number of carbonyl (C=O) groups excluding carboxylic acids is 2. The molecule has 0 bridgehead atoms. The van der Waals surface area contributed by atoms with E-state index in [0.717, 1.165) is 12.8 Å². The number of rotatable bonds is 3. The fraction of sp³-hybridized carbons (Fsp3) is 0.708. The second-order valence-corrected chi connectivity index (χ2v) is 12.3. The van der Waals surface area contributed by atoms with Gasteiger partial charge in [-0.25, -0.2) is 4.98 Å². The summed E-state index contributed by atoms with van der Waals surface area (Å²) in [5.74, 6) is 2.62. The van der Waals surface area contributed by atoms with Gasteiger partial charge in [0.05, 0.1) is 6.20 Å². The first-order valence-electron chi connectivity index (χ1n) is 11.6. The third-order valence-corrected chi connectivity index (χ3v) is 10.5. The minimum Gasteiger partial charge on any atom is -0.338 e. The molecule has 4 unspecified atom stereocenters. The van der Waals surface area contributed by atoms with Crippen molar-refractivity contribution >= 4 is 39.9 Å². The van der Waals surface area contributed by atoms with E-state index in [9.17, 15) is 9.59 Å². The summed E-state index contributed by atoms with van der Waals surface area (Å²) in [6.07, 6.45) is 13.2. The van der Waals surface area contributed by atoms with Crippen molar-refractivity contribution in [2.24, 2.45) is 34.5 Å². The third-order valence-electron chi connectivity index (χ3n) is 9.48. The van der Waals surface area contributed by atoms with Gasteiger partial charge in [0.1, 0.15) is 4.34 Å². The van der Waals surface area contributed by atoms with Crippen LogP contribution in [0, 0.1) is 34.5 Å². The number of aromatic nitrogens is 1. The van der Waals surface area contributed by atoms with Gasteiger partial charge in [-0.3, -0.25) is 9.59 Å². The molecule has 0 saturated heterocycles. The molecule has 5 rings (SSSR count). The predicted molar refractivity (Wildman–Crippen MR) is 124 cm³/mol. The highest BCUT2D eigenvalue weighted by Crippen LogP contribution is 2.65. The second kappa shape index (κ2) is 7.58. The summed E-state index contributed by atoms with van der Waals surface area (Å²) in [5.41, 5.74) is 0.300. The molecule has 1 N–H and O–H groups in total. The fourth-order valence-electron chi connectivity index (χ4n) is 7.89. The molecule has 168 valence electrons. The zero-order valence-corrected chi connectivity index (χ0v) is 20.1. The number of amides is 2. The van der Waals surface area contributed by atoms with Gasteiger partial charge >= 0.3 is 0 Å². The summed E-state index contributed by atoms with van der Waals surface area (Å²) >= 11 is 7.26. The van der Waals surface area contributed by atoms with Gasteiger partial charge < -0.3 is 10.2 Å². The highest BCUT2D eigenvalue weighted by molar-refractivity contribution is 7.19. The first-order chi connectivity index (χ1) is 14.7. The van der Waals surface area contributed by atoms with Gasteiger partial charge in [-0.15, -0.1) is 0 Å². The molecule has 2 amide bonds. The Morgan fingerprint density at radius 3 is 2.81 bits per heavy atom. The molecule has 1 aromatic heterocycles.